The summed E-state index contributed by atoms with van der Waals surface area (Å²) in [5, 5.41) is 0. The molecule has 3 unspecified atom stereocenters. The first-order valence-electron chi connectivity index (χ1n) is 4.50. The molecule has 2 aliphatic carbocycles. The van der Waals surface area contributed by atoms with Gasteiger partial charge in [-0.1, -0.05) is 35.4 Å². The molecule has 2 rings (SSSR count). The van der Waals surface area contributed by atoms with Gasteiger partial charge in [0.05, 0.1) is 0 Å². The molecule has 2 saturated carbocycles. The maximum Gasteiger partial charge on any atom is 0.0138 e. The lowest BCUT2D eigenvalue weighted by atomic mass is 9.72. The highest BCUT2D eigenvalue weighted by Crippen LogP contribution is 2.42. The molecule has 0 aliphatic heterocycles. The van der Waals surface area contributed by atoms with Crippen molar-refractivity contribution in [1.82, 2.24) is 0 Å². The van der Waals surface area contributed by atoms with Crippen LogP contribution in [0.3, 0.4) is 0 Å². The van der Waals surface area contributed by atoms with Crippen LogP contribution in [0, 0.1) is 11.8 Å². The second kappa shape index (κ2) is 3.00. The predicted octanol–water partition coefficient (Wildman–Crippen LogP) is 3.39. The fraction of sp³-hybridized carbons (Fsp3) is 1.00. The van der Waals surface area contributed by atoms with E-state index in [0.717, 1.165) is 15.8 Å². The number of halogens is 1. The van der Waals surface area contributed by atoms with Crippen molar-refractivity contribution in [2.24, 2.45) is 11.8 Å². The maximum absolute atomic E-state index is 2.66. The van der Waals surface area contributed by atoms with Gasteiger partial charge in [0.15, 0.2) is 0 Å². The minimum absolute atomic E-state index is 1.02. The van der Waals surface area contributed by atoms with Crippen molar-refractivity contribution in [3.05, 3.63) is 0 Å². The molecule has 10 heavy (non-hydrogen) atoms. The van der Waals surface area contributed by atoms with E-state index in [1.54, 1.807) is 12.8 Å². The Kier molecular flexibility index (Phi) is 2.21. The van der Waals surface area contributed by atoms with Gasteiger partial charge < -0.3 is 0 Å². The van der Waals surface area contributed by atoms with Gasteiger partial charge in [-0.3, -0.25) is 0 Å². The van der Waals surface area contributed by atoms with Crippen LogP contribution in [-0.4, -0.2) is 3.92 Å². The van der Waals surface area contributed by atoms with Gasteiger partial charge in [0.1, 0.15) is 0 Å². The molecule has 0 heterocycles. The molecule has 58 valence electrons. The molecule has 0 spiro atoms. The lowest BCUT2D eigenvalue weighted by Gasteiger charge is -2.37. The summed E-state index contributed by atoms with van der Waals surface area (Å²) in [6, 6.07) is 0. The summed E-state index contributed by atoms with van der Waals surface area (Å²) in [6.45, 7) is 0. The zero-order valence-corrected chi connectivity index (χ0v) is 8.51. The minimum atomic E-state index is 1.02. The Morgan fingerprint density at radius 1 is 1.00 bits per heavy atom. The van der Waals surface area contributed by atoms with E-state index >= 15 is 0 Å². The van der Waals surface area contributed by atoms with E-state index in [4.69, 9.17) is 0 Å². The summed E-state index contributed by atoms with van der Waals surface area (Å²) in [5.74, 6) is 2.23. The van der Waals surface area contributed by atoms with Crippen molar-refractivity contribution >= 4 is 22.6 Å². The molecule has 0 saturated heterocycles. The molecular formula is C9H15I. The second-order valence-corrected chi connectivity index (χ2v) is 5.49. The molecule has 0 aromatic heterocycles. The van der Waals surface area contributed by atoms with Gasteiger partial charge >= 0.3 is 0 Å². The molecule has 0 radical (unpaired) electrons. The first kappa shape index (κ1) is 7.38. The fourth-order valence-corrected chi connectivity index (χ4v) is 3.57. The molecule has 0 aromatic rings. The number of rotatable bonds is 0. The largest absolute Gasteiger partial charge is 0.0823 e. The molecule has 0 nitrogen and oxygen atoms in total. The normalized spacial score (nSPS) is 47.1. The molecule has 2 fully saturated rings. The highest BCUT2D eigenvalue weighted by molar-refractivity contribution is 14.1. The van der Waals surface area contributed by atoms with Crippen molar-refractivity contribution in [3.63, 3.8) is 0 Å². The van der Waals surface area contributed by atoms with E-state index in [1.807, 2.05) is 0 Å². The lowest BCUT2D eigenvalue weighted by molar-refractivity contribution is 0.203. The van der Waals surface area contributed by atoms with E-state index in [0.29, 0.717) is 0 Å². The number of fused-ring (bicyclic) bond motifs is 2. The first-order chi connectivity index (χ1) is 4.86. The zero-order valence-electron chi connectivity index (χ0n) is 6.35. The molecule has 2 aliphatic rings. The molecular weight excluding hydrogens is 235 g/mol. The minimum Gasteiger partial charge on any atom is -0.0823 e. The summed E-state index contributed by atoms with van der Waals surface area (Å²) in [7, 11) is 0. The summed E-state index contributed by atoms with van der Waals surface area (Å²) in [5.41, 5.74) is 0. The van der Waals surface area contributed by atoms with E-state index in [1.165, 1.54) is 25.7 Å². The van der Waals surface area contributed by atoms with Gasteiger partial charge in [-0.2, -0.15) is 0 Å². The van der Waals surface area contributed by atoms with Crippen molar-refractivity contribution < 1.29 is 0 Å². The SMILES string of the molecule is IC1CCC2CCCC1C2. The van der Waals surface area contributed by atoms with E-state index in [2.05, 4.69) is 22.6 Å². The Balaban J connectivity index is 2.00. The van der Waals surface area contributed by atoms with Crippen LogP contribution in [0.2, 0.25) is 0 Å². The Labute approximate surface area is 76.9 Å². The van der Waals surface area contributed by atoms with Crippen molar-refractivity contribution in [3.8, 4) is 0 Å². The van der Waals surface area contributed by atoms with Gasteiger partial charge in [-0.15, -0.1) is 0 Å². The van der Waals surface area contributed by atoms with Crippen LogP contribution in [0.15, 0.2) is 0 Å². The Morgan fingerprint density at radius 2 is 1.90 bits per heavy atom. The number of alkyl halides is 1. The van der Waals surface area contributed by atoms with Crippen molar-refractivity contribution in [1.29, 1.82) is 0 Å². The van der Waals surface area contributed by atoms with E-state index in [9.17, 15) is 0 Å². The first-order valence-corrected chi connectivity index (χ1v) is 5.75. The third kappa shape index (κ3) is 1.34. The van der Waals surface area contributed by atoms with Gasteiger partial charge in [0.25, 0.3) is 0 Å². The summed E-state index contributed by atoms with van der Waals surface area (Å²) >= 11 is 2.66. The topological polar surface area (TPSA) is 0 Å². The van der Waals surface area contributed by atoms with Crippen LogP contribution in [0.25, 0.3) is 0 Å². The van der Waals surface area contributed by atoms with Gasteiger partial charge in [-0.05, 0) is 37.5 Å². The van der Waals surface area contributed by atoms with Crippen LogP contribution in [0.5, 0.6) is 0 Å². The van der Waals surface area contributed by atoms with Gasteiger partial charge in [0.2, 0.25) is 0 Å². The van der Waals surface area contributed by atoms with Crippen LogP contribution in [0.4, 0.5) is 0 Å². The maximum atomic E-state index is 2.66. The molecule has 2 bridgehead atoms. The monoisotopic (exact) mass is 250 g/mol. The number of hydrogen-bond donors (Lipinski definition) is 0. The Morgan fingerprint density at radius 3 is 2.70 bits per heavy atom. The van der Waals surface area contributed by atoms with Crippen LogP contribution in [-0.2, 0) is 0 Å². The van der Waals surface area contributed by atoms with Gasteiger partial charge in [0, 0.05) is 3.92 Å². The average molecular weight is 250 g/mol. The average Bonchev–Trinajstić information content (AvgIpc) is 1.99. The van der Waals surface area contributed by atoms with Crippen LogP contribution >= 0.6 is 22.6 Å². The van der Waals surface area contributed by atoms with Crippen molar-refractivity contribution in [2.45, 2.75) is 42.4 Å². The van der Waals surface area contributed by atoms with Crippen LogP contribution < -0.4 is 0 Å². The summed E-state index contributed by atoms with van der Waals surface area (Å²) in [4.78, 5) is 0. The highest BCUT2D eigenvalue weighted by atomic mass is 127. The standard InChI is InChI=1S/C9H15I/c10-9-5-4-7-2-1-3-8(9)6-7/h7-9H,1-6H2. The van der Waals surface area contributed by atoms with Crippen LogP contribution in [0.1, 0.15) is 38.5 Å². The number of hydrogen-bond acceptors (Lipinski definition) is 0. The van der Waals surface area contributed by atoms with Gasteiger partial charge in [-0.25, -0.2) is 0 Å². The quantitative estimate of drug-likeness (QED) is 0.456. The van der Waals surface area contributed by atoms with E-state index < -0.39 is 0 Å². The molecule has 0 N–H and O–H groups in total. The third-order valence-corrected chi connectivity index (χ3v) is 4.83. The summed E-state index contributed by atoms with van der Waals surface area (Å²) < 4.78 is 1.02. The third-order valence-electron chi connectivity index (χ3n) is 3.19. The summed E-state index contributed by atoms with van der Waals surface area (Å²) in [6.07, 6.45) is 9.20. The predicted molar refractivity (Wildman–Crippen MR) is 52.5 cm³/mol. The highest BCUT2D eigenvalue weighted by Gasteiger charge is 2.31. The molecule has 1 heteroatoms. The Bertz CT molecular complexity index is 120. The second-order valence-electron chi connectivity index (χ2n) is 3.89. The van der Waals surface area contributed by atoms with E-state index in [-0.39, 0.29) is 0 Å². The smallest absolute Gasteiger partial charge is 0.0138 e. The zero-order chi connectivity index (χ0) is 6.97. The molecule has 0 aromatic carbocycles. The lowest BCUT2D eigenvalue weighted by Crippen LogP contribution is -2.28. The molecule has 3 atom stereocenters. The van der Waals surface area contributed by atoms with Crippen molar-refractivity contribution in [2.75, 3.05) is 0 Å². The molecule has 0 amide bonds. The Hall–Kier alpha value is 0.730. The fourth-order valence-electron chi connectivity index (χ4n) is 2.55.